The zero-order valence-corrected chi connectivity index (χ0v) is 13.6. The van der Waals surface area contributed by atoms with Crippen LogP contribution in [0.5, 0.6) is 0 Å². The number of fused-ring (bicyclic) bond motifs is 1. The van der Waals surface area contributed by atoms with Crippen molar-refractivity contribution in [1.82, 2.24) is 5.32 Å². The maximum absolute atomic E-state index is 12.2. The van der Waals surface area contributed by atoms with E-state index in [0.717, 1.165) is 17.3 Å². The Morgan fingerprint density at radius 2 is 1.80 bits per heavy atom. The molecule has 1 aromatic heterocycles. The molecule has 1 fully saturated rings. The number of carbonyl (C=O) groups excluding carboxylic acids is 2. The van der Waals surface area contributed by atoms with Gasteiger partial charge in [0.05, 0.1) is 10.3 Å². The molecule has 2 aromatic carbocycles. The van der Waals surface area contributed by atoms with Crippen molar-refractivity contribution in [3.8, 4) is 11.3 Å². The van der Waals surface area contributed by atoms with E-state index in [1.807, 2.05) is 18.2 Å². The Labute approximate surface area is 146 Å². The van der Waals surface area contributed by atoms with E-state index in [1.165, 1.54) is 6.07 Å². The molecule has 4 rings (SSSR count). The molecular weight excluding hydrogens is 338 g/mol. The van der Waals surface area contributed by atoms with Crippen LogP contribution in [0.2, 0.25) is 0 Å². The summed E-state index contributed by atoms with van der Waals surface area (Å²) in [6.07, 6.45) is 1.63. The lowest BCUT2D eigenvalue weighted by molar-refractivity contribution is -0.115. The highest BCUT2D eigenvalue weighted by Gasteiger charge is 2.24. The molecule has 6 heteroatoms. The van der Waals surface area contributed by atoms with E-state index in [1.54, 1.807) is 36.4 Å². The average Bonchev–Trinajstić information content (AvgIpc) is 2.92. The third-order valence-corrected chi connectivity index (χ3v) is 4.56. The van der Waals surface area contributed by atoms with E-state index in [0.29, 0.717) is 27.2 Å². The van der Waals surface area contributed by atoms with Gasteiger partial charge in [-0.15, -0.1) is 0 Å². The smallest absolute Gasteiger partial charge is 0.290 e. The molecule has 2 amide bonds. The van der Waals surface area contributed by atoms with Crippen molar-refractivity contribution in [2.45, 2.75) is 0 Å². The van der Waals surface area contributed by atoms with E-state index in [4.69, 9.17) is 4.42 Å². The number of hydrogen-bond acceptors (Lipinski definition) is 5. The quantitative estimate of drug-likeness (QED) is 0.713. The van der Waals surface area contributed by atoms with Crippen LogP contribution in [0.3, 0.4) is 0 Å². The molecule has 122 valence electrons. The van der Waals surface area contributed by atoms with Crippen LogP contribution >= 0.6 is 11.8 Å². The zero-order valence-electron chi connectivity index (χ0n) is 12.8. The summed E-state index contributed by atoms with van der Waals surface area (Å²) in [5.41, 5.74) is 1.86. The first-order chi connectivity index (χ1) is 12.1. The predicted octanol–water partition coefficient (Wildman–Crippen LogP) is 3.78. The van der Waals surface area contributed by atoms with Crippen LogP contribution in [0.4, 0.5) is 4.79 Å². The van der Waals surface area contributed by atoms with Crippen LogP contribution in [0, 0.1) is 0 Å². The molecule has 0 saturated carbocycles. The van der Waals surface area contributed by atoms with Crippen LogP contribution < -0.4 is 10.7 Å². The van der Waals surface area contributed by atoms with Crippen LogP contribution in [0.25, 0.3) is 28.4 Å². The van der Waals surface area contributed by atoms with Crippen molar-refractivity contribution in [1.29, 1.82) is 0 Å². The Morgan fingerprint density at radius 1 is 0.960 bits per heavy atom. The summed E-state index contributed by atoms with van der Waals surface area (Å²) in [5.74, 6) is 0.0428. The molecule has 0 aliphatic carbocycles. The summed E-state index contributed by atoms with van der Waals surface area (Å²) >= 11 is 0.863. The molecule has 3 aromatic rings. The molecular formula is C19H11NO4S. The number of rotatable bonds is 2. The Morgan fingerprint density at radius 3 is 2.60 bits per heavy atom. The van der Waals surface area contributed by atoms with Crippen molar-refractivity contribution >= 4 is 40.0 Å². The summed E-state index contributed by atoms with van der Waals surface area (Å²) in [7, 11) is 0. The SMILES string of the molecule is O=C1NC(=O)/C(=C/c2cccc(-c3cc(=O)c4ccccc4o3)c2)S1. The zero-order chi connectivity index (χ0) is 17.4. The standard InChI is InChI=1S/C19H11NO4S/c21-14-10-16(24-15-7-2-1-6-13(14)15)12-5-3-4-11(8-12)9-17-18(22)20-19(23)25-17/h1-10H,(H,20,22,23)/b17-9-. The third-order valence-electron chi connectivity index (χ3n) is 3.75. The van der Waals surface area contributed by atoms with Gasteiger partial charge in [-0.1, -0.05) is 30.3 Å². The van der Waals surface area contributed by atoms with Crippen LogP contribution in [-0.4, -0.2) is 11.1 Å². The van der Waals surface area contributed by atoms with Gasteiger partial charge >= 0.3 is 0 Å². The minimum atomic E-state index is -0.405. The van der Waals surface area contributed by atoms with Crippen LogP contribution in [0.15, 0.2) is 68.7 Å². The van der Waals surface area contributed by atoms with Gasteiger partial charge in [-0.2, -0.15) is 0 Å². The number of benzene rings is 2. The monoisotopic (exact) mass is 349 g/mol. The van der Waals surface area contributed by atoms with Gasteiger partial charge in [-0.05, 0) is 41.6 Å². The van der Waals surface area contributed by atoms with Crippen molar-refractivity contribution in [2.75, 3.05) is 0 Å². The fraction of sp³-hybridized carbons (Fsp3) is 0. The summed E-state index contributed by atoms with van der Waals surface area (Å²) in [6, 6.07) is 15.8. The van der Waals surface area contributed by atoms with Crippen LogP contribution in [-0.2, 0) is 4.79 Å². The minimum Gasteiger partial charge on any atom is -0.456 e. The second kappa shape index (κ2) is 6.07. The fourth-order valence-electron chi connectivity index (χ4n) is 2.60. The van der Waals surface area contributed by atoms with Gasteiger partial charge in [0.2, 0.25) is 0 Å². The van der Waals surface area contributed by atoms with E-state index >= 15 is 0 Å². The lowest BCUT2D eigenvalue weighted by atomic mass is 10.1. The average molecular weight is 349 g/mol. The predicted molar refractivity (Wildman–Crippen MR) is 97.0 cm³/mol. The molecule has 0 atom stereocenters. The fourth-order valence-corrected chi connectivity index (χ4v) is 3.28. The highest BCUT2D eigenvalue weighted by molar-refractivity contribution is 8.18. The molecule has 1 aliphatic heterocycles. The summed E-state index contributed by atoms with van der Waals surface area (Å²) < 4.78 is 5.83. The Balaban J connectivity index is 1.78. The first-order valence-electron chi connectivity index (χ1n) is 7.48. The number of para-hydroxylation sites is 1. The van der Waals surface area contributed by atoms with Crippen LogP contribution in [0.1, 0.15) is 5.56 Å². The number of nitrogens with one attached hydrogen (secondary N) is 1. The molecule has 0 spiro atoms. The van der Waals surface area contributed by atoms with Crippen molar-refractivity contribution in [2.24, 2.45) is 0 Å². The molecule has 1 aliphatic rings. The molecule has 25 heavy (non-hydrogen) atoms. The van der Waals surface area contributed by atoms with E-state index in [9.17, 15) is 14.4 Å². The second-order valence-corrected chi connectivity index (χ2v) is 6.46. The normalized spacial score (nSPS) is 15.8. The van der Waals surface area contributed by atoms with Gasteiger partial charge in [0, 0.05) is 11.6 Å². The van der Waals surface area contributed by atoms with Crippen molar-refractivity contribution in [3.05, 3.63) is 75.3 Å². The van der Waals surface area contributed by atoms with E-state index in [2.05, 4.69) is 5.32 Å². The molecule has 0 unspecified atom stereocenters. The van der Waals surface area contributed by atoms with Gasteiger partial charge < -0.3 is 4.42 Å². The number of imide groups is 1. The summed E-state index contributed by atoms with van der Waals surface area (Å²) in [5, 5.41) is 2.37. The molecule has 5 nitrogen and oxygen atoms in total. The van der Waals surface area contributed by atoms with E-state index in [-0.39, 0.29) is 10.7 Å². The molecule has 1 N–H and O–H groups in total. The summed E-state index contributed by atoms with van der Waals surface area (Å²) in [6.45, 7) is 0. The Kier molecular flexibility index (Phi) is 3.74. The van der Waals surface area contributed by atoms with Gasteiger partial charge in [0.1, 0.15) is 11.3 Å². The lowest BCUT2D eigenvalue weighted by Crippen LogP contribution is -2.17. The number of hydrogen-bond donors (Lipinski definition) is 1. The van der Waals surface area contributed by atoms with E-state index < -0.39 is 5.91 Å². The molecule has 2 heterocycles. The van der Waals surface area contributed by atoms with Crippen molar-refractivity contribution in [3.63, 3.8) is 0 Å². The maximum Gasteiger partial charge on any atom is 0.290 e. The van der Waals surface area contributed by atoms with Gasteiger partial charge in [0.15, 0.2) is 5.43 Å². The topological polar surface area (TPSA) is 76.4 Å². The molecule has 0 radical (unpaired) electrons. The second-order valence-electron chi connectivity index (χ2n) is 5.45. The van der Waals surface area contributed by atoms with Gasteiger partial charge in [-0.3, -0.25) is 19.7 Å². The van der Waals surface area contributed by atoms with Gasteiger partial charge in [-0.25, -0.2) is 0 Å². The lowest BCUT2D eigenvalue weighted by Gasteiger charge is -2.04. The first-order valence-corrected chi connectivity index (χ1v) is 8.30. The first kappa shape index (κ1) is 15.4. The highest BCUT2D eigenvalue weighted by atomic mass is 32.2. The molecule has 0 bridgehead atoms. The van der Waals surface area contributed by atoms with Gasteiger partial charge in [0.25, 0.3) is 11.1 Å². The number of amides is 2. The summed E-state index contributed by atoms with van der Waals surface area (Å²) in [4.78, 5) is 35.5. The maximum atomic E-state index is 12.2. The van der Waals surface area contributed by atoms with Crippen molar-refractivity contribution < 1.29 is 14.0 Å². The number of carbonyl (C=O) groups is 2. The Bertz CT molecular complexity index is 1110. The third kappa shape index (κ3) is 2.99. The minimum absolute atomic E-state index is 0.114. The number of thioether (sulfide) groups is 1. The largest absolute Gasteiger partial charge is 0.456 e. The highest BCUT2D eigenvalue weighted by Crippen LogP contribution is 2.28. The Hall–Kier alpha value is -3.12. The molecule has 1 saturated heterocycles.